The summed E-state index contributed by atoms with van der Waals surface area (Å²) in [6.07, 6.45) is 5.30. The number of hydrogen-bond acceptors (Lipinski definition) is 1. The zero-order valence-electron chi connectivity index (χ0n) is 9.83. The van der Waals surface area contributed by atoms with Gasteiger partial charge in [0.2, 0.25) is 0 Å². The topological polar surface area (TPSA) is 20.2 Å². The van der Waals surface area contributed by atoms with Crippen molar-refractivity contribution >= 4 is 0 Å². The van der Waals surface area contributed by atoms with E-state index in [0.29, 0.717) is 6.42 Å². The molecule has 1 unspecified atom stereocenters. The van der Waals surface area contributed by atoms with E-state index in [4.69, 9.17) is 0 Å². The number of aliphatic hydroxyl groups is 1. The van der Waals surface area contributed by atoms with Crippen LogP contribution in [0.25, 0.3) is 0 Å². The van der Waals surface area contributed by atoms with Crippen molar-refractivity contribution < 1.29 is 13.9 Å². The molecule has 0 radical (unpaired) electrons. The molecule has 0 spiro atoms. The molecule has 0 aromatic heterocycles. The van der Waals surface area contributed by atoms with Crippen molar-refractivity contribution in [2.45, 2.75) is 38.2 Å². The molecule has 0 heterocycles. The van der Waals surface area contributed by atoms with Gasteiger partial charge in [-0.1, -0.05) is 25.0 Å². The smallest absolute Gasteiger partial charge is 0.131 e. The summed E-state index contributed by atoms with van der Waals surface area (Å²) in [6.45, 7) is 3.63. The van der Waals surface area contributed by atoms with Gasteiger partial charge < -0.3 is 5.11 Å². The van der Waals surface area contributed by atoms with Crippen molar-refractivity contribution in [3.63, 3.8) is 0 Å². The normalized spacial score (nSPS) is 12.4. The Morgan fingerprint density at radius 1 is 1.24 bits per heavy atom. The third-order valence-corrected chi connectivity index (χ3v) is 2.71. The molecule has 0 saturated heterocycles. The standard InChI is InChI=1S/C14H18F2O/c1-2-3-4-5-6-7-14(17)12-9-8-11(15)10-13(12)16/h2,8-10,14,17H,1,3-7H2. The van der Waals surface area contributed by atoms with E-state index < -0.39 is 17.7 Å². The highest BCUT2D eigenvalue weighted by molar-refractivity contribution is 5.20. The number of unbranched alkanes of at least 4 members (excludes halogenated alkanes) is 3. The number of allylic oxidation sites excluding steroid dienone is 1. The molecule has 0 aliphatic heterocycles. The van der Waals surface area contributed by atoms with E-state index in [1.54, 1.807) is 0 Å². The fraction of sp³-hybridized carbons (Fsp3) is 0.429. The van der Waals surface area contributed by atoms with Crippen LogP contribution in [-0.4, -0.2) is 5.11 Å². The van der Waals surface area contributed by atoms with Crippen molar-refractivity contribution in [1.82, 2.24) is 0 Å². The molecule has 0 aliphatic rings. The lowest BCUT2D eigenvalue weighted by atomic mass is 10.0. The first-order valence-electron chi connectivity index (χ1n) is 5.89. The SMILES string of the molecule is C=CCCCCCC(O)c1ccc(F)cc1F. The summed E-state index contributed by atoms with van der Waals surface area (Å²) >= 11 is 0. The second-order valence-corrected chi connectivity index (χ2v) is 4.11. The third kappa shape index (κ3) is 4.65. The Labute approximate surface area is 101 Å². The summed E-state index contributed by atoms with van der Waals surface area (Å²) in [4.78, 5) is 0. The van der Waals surface area contributed by atoms with Crippen LogP contribution in [0.1, 0.15) is 43.8 Å². The first-order valence-corrected chi connectivity index (χ1v) is 5.89. The molecule has 1 nitrogen and oxygen atoms in total. The van der Waals surface area contributed by atoms with Gasteiger partial charge in [0.15, 0.2) is 0 Å². The van der Waals surface area contributed by atoms with Gasteiger partial charge in [0.05, 0.1) is 6.10 Å². The highest BCUT2D eigenvalue weighted by Gasteiger charge is 2.12. The predicted octanol–water partition coefficient (Wildman–Crippen LogP) is 4.13. The Morgan fingerprint density at radius 3 is 2.65 bits per heavy atom. The average Bonchev–Trinajstić information content (AvgIpc) is 2.28. The minimum absolute atomic E-state index is 0.176. The highest BCUT2D eigenvalue weighted by Crippen LogP contribution is 2.23. The molecule has 0 aliphatic carbocycles. The van der Waals surface area contributed by atoms with E-state index >= 15 is 0 Å². The molecule has 1 aromatic carbocycles. The number of hydrogen-bond donors (Lipinski definition) is 1. The fourth-order valence-corrected chi connectivity index (χ4v) is 1.73. The van der Waals surface area contributed by atoms with Crippen molar-refractivity contribution in [3.05, 3.63) is 48.1 Å². The van der Waals surface area contributed by atoms with Crippen LogP contribution in [0.2, 0.25) is 0 Å². The van der Waals surface area contributed by atoms with Crippen LogP contribution in [0.5, 0.6) is 0 Å². The second-order valence-electron chi connectivity index (χ2n) is 4.11. The van der Waals surface area contributed by atoms with Gasteiger partial charge in [0, 0.05) is 11.6 Å². The van der Waals surface area contributed by atoms with Gasteiger partial charge in [-0.25, -0.2) is 8.78 Å². The fourth-order valence-electron chi connectivity index (χ4n) is 1.73. The minimum Gasteiger partial charge on any atom is -0.388 e. The molecule has 17 heavy (non-hydrogen) atoms. The molecule has 0 fully saturated rings. The molecule has 3 heteroatoms. The summed E-state index contributed by atoms with van der Waals surface area (Å²) in [5.41, 5.74) is 0.176. The van der Waals surface area contributed by atoms with Crippen LogP contribution in [-0.2, 0) is 0 Å². The Bertz CT molecular complexity index is 363. The summed E-state index contributed by atoms with van der Waals surface area (Å²) < 4.78 is 26.0. The zero-order valence-corrected chi connectivity index (χ0v) is 9.83. The lowest BCUT2D eigenvalue weighted by Gasteiger charge is -2.11. The Hall–Kier alpha value is -1.22. The highest BCUT2D eigenvalue weighted by atomic mass is 19.1. The van der Waals surface area contributed by atoms with Gasteiger partial charge in [-0.3, -0.25) is 0 Å². The van der Waals surface area contributed by atoms with Crippen LogP contribution in [0, 0.1) is 11.6 Å². The van der Waals surface area contributed by atoms with Crippen LogP contribution >= 0.6 is 0 Å². The molecule has 1 rings (SSSR count). The Morgan fingerprint density at radius 2 is 2.00 bits per heavy atom. The molecule has 0 amide bonds. The first-order chi connectivity index (χ1) is 8.15. The Balaban J connectivity index is 2.41. The van der Waals surface area contributed by atoms with E-state index in [-0.39, 0.29) is 5.56 Å². The van der Waals surface area contributed by atoms with Gasteiger partial charge in [-0.05, 0) is 25.3 Å². The van der Waals surface area contributed by atoms with Crippen LogP contribution in [0.15, 0.2) is 30.9 Å². The maximum Gasteiger partial charge on any atom is 0.131 e. The van der Waals surface area contributed by atoms with Gasteiger partial charge in [-0.15, -0.1) is 6.58 Å². The van der Waals surface area contributed by atoms with E-state index in [9.17, 15) is 13.9 Å². The largest absolute Gasteiger partial charge is 0.388 e. The molecule has 0 bridgehead atoms. The summed E-state index contributed by atoms with van der Waals surface area (Å²) in [6, 6.07) is 3.27. The van der Waals surface area contributed by atoms with Crippen molar-refractivity contribution in [1.29, 1.82) is 0 Å². The van der Waals surface area contributed by atoms with E-state index in [1.807, 2.05) is 6.08 Å². The predicted molar refractivity (Wildman–Crippen MR) is 64.6 cm³/mol. The lowest BCUT2D eigenvalue weighted by molar-refractivity contribution is 0.159. The average molecular weight is 240 g/mol. The summed E-state index contributed by atoms with van der Waals surface area (Å²) in [7, 11) is 0. The monoisotopic (exact) mass is 240 g/mol. The second kappa shape index (κ2) is 7.17. The van der Waals surface area contributed by atoms with Crippen LogP contribution < -0.4 is 0 Å². The number of aliphatic hydroxyl groups excluding tert-OH is 1. The van der Waals surface area contributed by atoms with Crippen molar-refractivity contribution in [2.24, 2.45) is 0 Å². The van der Waals surface area contributed by atoms with E-state index in [2.05, 4.69) is 6.58 Å². The van der Waals surface area contributed by atoms with Gasteiger partial charge in [0.25, 0.3) is 0 Å². The van der Waals surface area contributed by atoms with Gasteiger partial charge in [0.1, 0.15) is 11.6 Å². The van der Waals surface area contributed by atoms with Crippen molar-refractivity contribution in [2.75, 3.05) is 0 Å². The van der Waals surface area contributed by atoms with E-state index in [0.717, 1.165) is 31.7 Å². The molecule has 1 aromatic rings. The summed E-state index contributed by atoms with van der Waals surface area (Å²) in [5, 5.41) is 9.77. The molecule has 94 valence electrons. The van der Waals surface area contributed by atoms with Crippen LogP contribution in [0.3, 0.4) is 0 Å². The Kier molecular flexibility index (Phi) is 5.84. The molecule has 1 N–H and O–H groups in total. The van der Waals surface area contributed by atoms with Gasteiger partial charge in [-0.2, -0.15) is 0 Å². The van der Waals surface area contributed by atoms with Crippen LogP contribution in [0.4, 0.5) is 8.78 Å². The van der Waals surface area contributed by atoms with Gasteiger partial charge >= 0.3 is 0 Å². The number of rotatable bonds is 7. The van der Waals surface area contributed by atoms with E-state index in [1.165, 1.54) is 12.1 Å². The third-order valence-electron chi connectivity index (χ3n) is 2.71. The summed E-state index contributed by atoms with van der Waals surface area (Å²) in [5.74, 6) is -1.30. The minimum atomic E-state index is -0.848. The zero-order chi connectivity index (χ0) is 12.7. The van der Waals surface area contributed by atoms with Crippen molar-refractivity contribution in [3.8, 4) is 0 Å². The molecular formula is C14H18F2O. The lowest BCUT2D eigenvalue weighted by Crippen LogP contribution is -2.01. The maximum atomic E-state index is 13.3. The molecule has 0 saturated carbocycles. The maximum absolute atomic E-state index is 13.3. The number of benzene rings is 1. The molecule has 1 atom stereocenters. The quantitative estimate of drug-likeness (QED) is 0.561. The number of halogens is 2. The first kappa shape index (κ1) is 13.8. The molecular weight excluding hydrogens is 222 g/mol.